The van der Waals surface area contributed by atoms with Crippen molar-refractivity contribution >= 4 is 18.0 Å². The molecule has 3 aromatic rings. The van der Waals surface area contributed by atoms with Gasteiger partial charge in [-0.2, -0.15) is 13.2 Å². The van der Waals surface area contributed by atoms with Gasteiger partial charge in [0.25, 0.3) is 0 Å². The summed E-state index contributed by atoms with van der Waals surface area (Å²) >= 11 is 0.464. The van der Waals surface area contributed by atoms with Crippen LogP contribution in [0.5, 0.6) is 0 Å². The summed E-state index contributed by atoms with van der Waals surface area (Å²) in [6.45, 7) is 0. The molecular weight excluding hydrogens is 454 g/mol. The lowest BCUT2D eigenvalue weighted by Crippen LogP contribution is -2.36. The number of halogens is 6. The molecule has 1 unspecified atom stereocenters. The molecule has 32 heavy (non-hydrogen) atoms. The van der Waals surface area contributed by atoms with Gasteiger partial charge in [-0.1, -0.05) is 42.5 Å². The minimum absolute atomic E-state index is 0.222. The average molecular weight is 470 g/mol. The Labute approximate surface area is 183 Å². The third-order valence-electron chi connectivity index (χ3n) is 4.70. The Balaban J connectivity index is 2.35. The van der Waals surface area contributed by atoms with Gasteiger partial charge in [-0.05, 0) is 53.8 Å². The molecule has 0 heterocycles. The van der Waals surface area contributed by atoms with E-state index >= 15 is 0 Å². The second kappa shape index (κ2) is 9.15. The van der Waals surface area contributed by atoms with Crippen molar-refractivity contribution < 1.29 is 31.1 Å². The van der Waals surface area contributed by atoms with Gasteiger partial charge >= 0.3 is 12.2 Å². The Morgan fingerprint density at radius 2 is 1.56 bits per heavy atom. The van der Waals surface area contributed by atoms with Gasteiger partial charge < -0.3 is 5.73 Å². The number of hydrogen-bond donors (Lipinski definition) is 2. The third kappa shape index (κ3) is 5.01. The molecule has 0 fully saturated rings. The number of rotatable bonds is 6. The van der Waals surface area contributed by atoms with Gasteiger partial charge in [-0.3, -0.25) is 4.72 Å². The zero-order valence-electron chi connectivity index (χ0n) is 16.2. The number of benzene rings is 3. The molecule has 0 radical (unpaired) electrons. The van der Waals surface area contributed by atoms with E-state index in [9.17, 15) is 31.1 Å². The molecule has 3 N–H and O–H groups in total. The number of nitrogens with one attached hydrogen (secondary N) is 1. The molecule has 0 spiro atoms. The van der Waals surface area contributed by atoms with Gasteiger partial charge in [0.2, 0.25) is 0 Å². The minimum atomic E-state index is -4.91. The van der Waals surface area contributed by atoms with Crippen LogP contribution in [0.25, 0.3) is 0 Å². The zero-order chi connectivity index (χ0) is 23.5. The molecule has 0 saturated heterocycles. The lowest BCUT2D eigenvalue weighted by molar-refractivity contribution is -0.137. The summed E-state index contributed by atoms with van der Waals surface area (Å²) in [7, 11) is 0. The number of alkyl halides is 3. The zero-order valence-corrected chi connectivity index (χ0v) is 17.0. The quantitative estimate of drug-likeness (QED) is 0.347. The second-order valence-electron chi connectivity index (χ2n) is 6.89. The van der Waals surface area contributed by atoms with Crippen molar-refractivity contribution in [2.75, 3.05) is 0 Å². The molecule has 168 valence electrons. The maximum Gasteiger partial charge on any atom is 0.416 e. The van der Waals surface area contributed by atoms with Crippen LogP contribution in [0.4, 0.5) is 31.1 Å². The van der Waals surface area contributed by atoms with Crippen LogP contribution in [-0.2, 0) is 17.3 Å². The van der Waals surface area contributed by atoms with Crippen LogP contribution >= 0.6 is 11.9 Å². The number of urea groups is 1. The monoisotopic (exact) mass is 470 g/mol. The molecule has 3 aromatic carbocycles. The molecule has 0 aliphatic carbocycles. The first-order chi connectivity index (χ1) is 15.0. The van der Waals surface area contributed by atoms with E-state index in [0.717, 1.165) is 18.2 Å². The van der Waals surface area contributed by atoms with Crippen molar-refractivity contribution in [3.8, 4) is 0 Å². The molecule has 0 aliphatic heterocycles. The standard InChI is InChI=1S/C22H16F6N2OS/c23-16-10-14(9-15(11-16)22(26,27)28)21(32-30-20(29)31,12-13-5-2-1-3-6-13)17-7-4-8-18(24)19(17)25/h1-11H,12H2,(H3,29,30,31). The van der Waals surface area contributed by atoms with Crippen LogP contribution in [0.3, 0.4) is 0 Å². The highest BCUT2D eigenvalue weighted by Crippen LogP contribution is 2.47. The fraction of sp³-hybridized carbons (Fsp3) is 0.136. The molecule has 0 aromatic heterocycles. The van der Waals surface area contributed by atoms with E-state index in [1.807, 2.05) is 0 Å². The number of nitrogens with two attached hydrogens (primary N) is 1. The number of amides is 2. The number of hydrogen-bond acceptors (Lipinski definition) is 2. The fourth-order valence-electron chi connectivity index (χ4n) is 3.33. The highest BCUT2D eigenvalue weighted by molar-refractivity contribution is 7.99. The van der Waals surface area contributed by atoms with Gasteiger partial charge in [0.05, 0.1) is 10.3 Å². The lowest BCUT2D eigenvalue weighted by atomic mass is 9.83. The molecule has 1 atom stereocenters. The maximum absolute atomic E-state index is 15.0. The van der Waals surface area contributed by atoms with E-state index in [-0.39, 0.29) is 17.5 Å². The fourth-order valence-corrected chi connectivity index (χ4v) is 4.34. The Kier molecular flexibility index (Phi) is 6.73. The van der Waals surface area contributed by atoms with E-state index in [2.05, 4.69) is 4.72 Å². The van der Waals surface area contributed by atoms with Crippen molar-refractivity contribution in [3.05, 3.63) is 106 Å². The highest BCUT2D eigenvalue weighted by atomic mass is 32.2. The summed E-state index contributed by atoms with van der Waals surface area (Å²) in [5.74, 6) is -3.84. The van der Waals surface area contributed by atoms with Gasteiger partial charge in [-0.25, -0.2) is 18.0 Å². The molecular formula is C22H16F6N2OS. The summed E-state index contributed by atoms with van der Waals surface area (Å²) in [6, 6.07) is 12.0. The number of carbonyl (C=O) groups is 1. The van der Waals surface area contributed by atoms with E-state index in [4.69, 9.17) is 5.73 Å². The normalized spacial score (nSPS) is 13.4. The Morgan fingerprint density at radius 1 is 0.906 bits per heavy atom. The van der Waals surface area contributed by atoms with Gasteiger partial charge in [0, 0.05) is 5.56 Å². The highest BCUT2D eigenvalue weighted by Gasteiger charge is 2.42. The molecule has 0 saturated carbocycles. The summed E-state index contributed by atoms with van der Waals surface area (Å²) in [5.41, 5.74) is 3.62. The van der Waals surface area contributed by atoms with E-state index in [0.29, 0.717) is 29.6 Å². The van der Waals surface area contributed by atoms with Crippen molar-refractivity contribution in [3.63, 3.8) is 0 Å². The van der Waals surface area contributed by atoms with Crippen molar-refractivity contribution in [2.45, 2.75) is 17.3 Å². The molecule has 2 amide bonds. The van der Waals surface area contributed by atoms with Crippen molar-refractivity contribution in [1.82, 2.24) is 4.72 Å². The SMILES string of the molecule is NC(=O)NSC(Cc1ccccc1)(c1cc(F)cc(C(F)(F)F)c1)c1cccc(F)c1F. The Hall–Kier alpha value is -3.14. The number of primary amides is 1. The smallest absolute Gasteiger partial charge is 0.351 e. The first-order valence-corrected chi connectivity index (χ1v) is 9.95. The largest absolute Gasteiger partial charge is 0.416 e. The van der Waals surface area contributed by atoms with Gasteiger partial charge in [0.1, 0.15) is 5.82 Å². The summed E-state index contributed by atoms with van der Waals surface area (Å²) in [5, 5.41) is 0. The van der Waals surface area contributed by atoms with Crippen molar-refractivity contribution in [1.29, 1.82) is 0 Å². The van der Waals surface area contributed by atoms with Gasteiger partial charge in [0.15, 0.2) is 11.6 Å². The van der Waals surface area contributed by atoms with Crippen LogP contribution in [0, 0.1) is 17.5 Å². The Bertz CT molecular complexity index is 1120. The lowest BCUT2D eigenvalue weighted by Gasteiger charge is -2.35. The van der Waals surface area contributed by atoms with Crippen LogP contribution in [0.15, 0.2) is 66.7 Å². The first-order valence-electron chi connectivity index (χ1n) is 9.13. The topological polar surface area (TPSA) is 55.1 Å². The average Bonchev–Trinajstić information content (AvgIpc) is 2.73. The van der Waals surface area contributed by atoms with Gasteiger partial charge in [-0.15, -0.1) is 0 Å². The second-order valence-corrected chi connectivity index (χ2v) is 7.99. The molecule has 3 rings (SSSR count). The number of carbonyl (C=O) groups excluding carboxylic acids is 1. The van der Waals surface area contributed by atoms with E-state index < -0.39 is 40.0 Å². The summed E-state index contributed by atoms with van der Waals surface area (Å²) in [4.78, 5) is 11.5. The van der Waals surface area contributed by atoms with Crippen molar-refractivity contribution in [2.24, 2.45) is 5.73 Å². The predicted molar refractivity (Wildman–Crippen MR) is 109 cm³/mol. The first kappa shape index (κ1) is 23.5. The molecule has 3 nitrogen and oxygen atoms in total. The van der Waals surface area contributed by atoms with Crippen LogP contribution in [0.2, 0.25) is 0 Å². The third-order valence-corrected chi connectivity index (χ3v) is 5.95. The summed E-state index contributed by atoms with van der Waals surface area (Å²) < 4.78 is 84.1. The maximum atomic E-state index is 15.0. The predicted octanol–water partition coefficient (Wildman–Crippen LogP) is 5.93. The van der Waals surface area contributed by atoms with Crippen LogP contribution in [0.1, 0.15) is 22.3 Å². The molecule has 0 aliphatic rings. The van der Waals surface area contributed by atoms with E-state index in [1.165, 1.54) is 6.07 Å². The van der Waals surface area contributed by atoms with Crippen LogP contribution in [-0.4, -0.2) is 6.03 Å². The molecule has 10 heteroatoms. The molecule has 0 bridgehead atoms. The van der Waals surface area contributed by atoms with Crippen LogP contribution < -0.4 is 10.5 Å². The van der Waals surface area contributed by atoms with E-state index in [1.54, 1.807) is 30.3 Å². The minimum Gasteiger partial charge on any atom is -0.351 e. The summed E-state index contributed by atoms with van der Waals surface area (Å²) in [6.07, 6.45) is -5.13. The Morgan fingerprint density at radius 3 is 2.19 bits per heavy atom.